The molecular formula is C25H17N5O. The molecule has 0 aliphatic heterocycles. The standard InChI is InChI=1S/C25H17N5O/c31-25(15-10-13-26-14-11-15)29-22-17-6-2-1-5-16(17)21-18(22)7-3-8-19(21)23-28-20-9-4-12-27-24(20)30-23/h1-14,22H,(H,29,31)(H,27,28,30)/t22-/m1/s1. The highest BCUT2D eigenvalue weighted by Gasteiger charge is 2.32. The van der Waals surface area contributed by atoms with Crippen molar-refractivity contribution in [1.82, 2.24) is 25.3 Å². The van der Waals surface area contributed by atoms with Gasteiger partial charge in [-0.1, -0.05) is 42.5 Å². The summed E-state index contributed by atoms with van der Waals surface area (Å²) >= 11 is 0. The average Bonchev–Trinajstić information content (AvgIpc) is 3.39. The SMILES string of the molecule is O=C(N[C@@H]1c2ccccc2-c2c(-c3nc4ncccc4[nH]3)cccc21)c1ccncc1. The van der Waals surface area contributed by atoms with Gasteiger partial charge in [0.05, 0.1) is 11.6 Å². The molecule has 1 aliphatic carbocycles. The maximum Gasteiger partial charge on any atom is 0.252 e. The Labute approximate surface area is 178 Å². The minimum atomic E-state index is -0.241. The lowest BCUT2D eigenvalue weighted by molar-refractivity contribution is 0.0943. The fourth-order valence-corrected chi connectivity index (χ4v) is 4.30. The zero-order valence-corrected chi connectivity index (χ0v) is 16.4. The van der Waals surface area contributed by atoms with Crippen LogP contribution in [-0.2, 0) is 0 Å². The molecule has 0 radical (unpaired) electrons. The van der Waals surface area contributed by atoms with Crippen LogP contribution in [0.2, 0.25) is 0 Å². The number of imidazole rings is 1. The summed E-state index contributed by atoms with van der Waals surface area (Å²) in [5.41, 5.74) is 7.45. The molecule has 6 nitrogen and oxygen atoms in total. The van der Waals surface area contributed by atoms with Gasteiger partial charge in [0, 0.05) is 29.7 Å². The van der Waals surface area contributed by atoms with E-state index < -0.39 is 0 Å². The van der Waals surface area contributed by atoms with E-state index >= 15 is 0 Å². The van der Waals surface area contributed by atoms with Crippen LogP contribution >= 0.6 is 0 Å². The van der Waals surface area contributed by atoms with E-state index in [9.17, 15) is 4.79 Å². The largest absolute Gasteiger partial charge is 0.341 e. The molecule has 0 spiro atoms. The number of carbonyl (C=O) groups is 1. The normalized spacial score (nSPS) is 14.3. The lowest BCUT2D eigenvalue weighted by Crippen LogP contribution is -2.28. The predicted molar refractivity (Wildman–Crippen MR) is 118 cm³/mol. The maximum absolute atomic E-state index is 12.9. The van der Waals surface area contributed by atoms with Crippen LogP contribution in [-0.4, -0.2) is 25.8 Å². The fraction of sp³-hybridized carbons (Fsp3) is 0.0400. The molecule has 0 fully saturated rings. The number of H-pyrrole nitrogens is 1. The zero-order chi connectivity index (χ0) is 20.8. The first kappa shape index (κ1) is 17.5. The molecule has 1 amide bonds. The van der Waals surface area contributed by atoms with Crippen LogP contribution < -0.4 is 5.32 Å². The summed E-state index contributed by atoms with van der Waals surface area (Å²) in [4.78, 5) is 29.4. The Kier molecular flexibility index (Phi) is 3.89. The number of pyridine rings is 2. The summed E-state index contributed by atoms with van der Waals surface area (Å²) in [6, 6.07) is 21.4. The average molecular weight is 403 g/mol. The molecule has 31 heavy (non-hydrogen) atoms. The van der Waals surface area contributed by atoms with Gasteiger partial charge in [0.2, 0.25) is 0 Å². The summed E-state index contributed by atoms with van der Waals surface area (Å²) < 4.78 is 0. The number of amides is 1. The smallest absolute Gasteiger partial charge is 0.252 e. The number of nitrogens with zero attached hydrogens (tertiary/aromatic N) is 3. The number of aromatic amines is 1. The molecule has 3 aromatic heterocycles. The van der Waals surface area contributed by atoms with E-state index in [4.69, 9.17) is 4.98 Å². The van der Waals surface area contributed by atoms with E-state index in [0.29, 0.717) is 11.2 Å². The molecule has 1 atom stereocenters. The van der Waals surface area contributed by atoms with Gasteiger partial charge in [-0.15, -0.1) is 0 Å². The van der Waals surface area contributed by atoms with Gasteiger partial charge in [-0.3, -0.25) is 9.78 Å². The molecule has 2 aromatic carbocycles. The van der Waals surface area contributed by atoms with Crippen molar-refractivity contribution in [2.45, 2.75) is 6.04 Å². The van der Waals surface area contributed by atoms with Crippen LogP contribution in [0.5, 0.6) is 0 Å². The first-order chi connectivity index (χ1) is 15.3. The molecule has 6 heteroatoms. The number of benzene rings is 2. The Morgan fingerprint density at radius 1 is 0.839 bits per heavy atom. The van der Waals surface area contributed by atoms with Crippen molar-refractivity contribution in [1.29, 1.82) is 0 Å². The molecular weight excluding hydrogens is 386 g/mol. The summed E-state index contributed by atoms with van der Waals surface area (Å²) in [5.74, 6) is 0.634. The lowest BCUT2D eigenvalue weighted by Gasteiger charge is -2.16. The number of carbonyl (C=O) groups excluding carboxylic acids is 1. The van der Waals surface area contributed by atoms with E-state index in [-0.39, 0.29) is 11.9 Å². The monoisotopic (exact) mass is 403 g/mol. The topological polar surface area (TPSA) is 83.6 Å². The van der Waals surface area contributed by atoms with Crippen molar-refractivity contribution >= 4 is 17.1 Å². The summed E-state index contributed by atoms with van der Waals surface area (Å²) in [6.07, 6.45) is 4.99. The van der Waals surface area contributed by atoms with Crippen LogP contribution in [0.1, 0.15) is 27.5 Å². The van der Waals surface area contributed by atoms with Crippen molar-refractivity contribution in [3.63, 3.8) is 0 Å². The van der Waals surface area contributed by atoms with Crippen molar-refractivity contribution in [2.75, 3.05) is 0 Å². The molecule has 0 saturated carbocycles. The second-order valence-corrected chi connectivity index (χ2v) is 7.46. The Hall–Kier alpha value is -4.32. The van der Waals surface area contributed by atoms with Gasteiger partial charge in [-0.25, -0.2) is 9.97 Å². The quantitative estimate of drug-likeness (QED) is 0.464. The fourth-order valence-electron chi connectivity index (χ4n) is 4.30. The first-order valence-corrected chi connectivity index (χ1v) is 10.0. The van der Waals surface area contributed by atoms with E-state index in [0.717, 1.165) is 39.2 Å². The first-order valence-electron chi connectivity index (χ1n) is 10.0. The molecule has 5 aromatic rings. The number of aromatic nitrogens is 4. The Bertz CT molecular complexity index is 1410. The van der Waals surface area contributed by atoms with Gasteiger partial charge >= 0.3 is 0 Å². The highest BCUT2D eigenvalue weighted by Crippen LogP contribution is 2.47. The second kappa shape index (κ2) is 6.88. The number of hydrogen-bond donors (Lipinski definition) is 2. The van der Waals surface area contributed by atoms with Crippen LogP contribution in [0.15, 0.2) is 85.3 Å². The van der Waals surface area contributed by atoms with Crippen LogP contribution in [0.25, 0.3) is 33.7 Å². The molecule has 1 aliphatic rings. The van der Waals surface area contributed by atoms with Gasteiger partial charge < -0.3 is 10.3 Å². The van der Waals surface area contributed by atoms with E-state index in [1.54, 1.807) is 30.7 Å². The molecule has 0 unspecified atom stereocenters. The van der Waals surface area contributed by atoms with Crippen molar-refractivity contribution < 1.29 is 4.79 Å². The lowest BCUT2D eigenvalue weighted by atomic mass is 9.98. The van der Waals surface area contributed by atoms with Gasteiger partial charge in [0.25, 0.3) is 5.91 Å². The summed E-state index contributed by atoms with van der Waals surface area (Å²) in [6.45, 7) is 0. The van der Waals surface area contributed by atoms with Crippen LogP contribution in [0.4, 0.5) is 0 Å². The number of nitrogens with one attached hydrogen (secondary N) is 2. The molecule has 2 N–H and O–H groups in total. The molecule has 0 saturated heterocycles. The van der Waals surface area contributed by atoms with E-state index in [1.165, 1.54) is 0 Å². The minimum Gasteiger partial charge on any atom is -0.341 e. The molecule has 6 rings (SSSR count). The van der Waals surface area contributed by atoms with Crippen molar-refractivity contribution in [2.24, 2.45) is 0 Å². The highest BCUT2D eigenvalue weighted by molar-refractivity contribution is 5.97. The van der Waals surface area contributed by atoms with E-state index in [1.807, 2.05) is 30.3 Å². The maximum atomic E-state index is 12.9. The number of fused-ring (bicyclic) bond motifs is 4. The van der Waals surface area contributed by atoms with Crippen LogP contribution in [0, 0.1) is 0 Å². The van der Waals surface area contributed by atoms with E-state index in [2.05, 4.69) is 44.5 Å². The minimum absolute atomic E-state index is 0.131. The number of rotatable bonds is 3. The van der Waals surface area contributed by atoms with Crippen molar-refractivity contribution in [3.8, 4) is 22.5 Å². The predicted octanol–water partition coefficient (Wildman–Crippen LogP) is 4.52. The van der Waals surface area contributed by atoms with Gasteiger partial charge in [0.1, 0.15) is 5.82 Å². The van der Waals surface area contributed by atoms with Gasteiger partial charge in [-0.2, -0.15) is 0 Å². The summed E-state index contributed by atoms with van der Waals surface area (Å²) in [5, 5.41) is 3.20. The third kappa shape index (κ3) is 2.80. The molecule has 0 bridgehead atoms. The Morgan fingerprint density at radius 2 is 1.65 bits per heavy atom. The number of hydrogen-bond acceptors (Lipinski definition) is 4. The molecule has 3 heterocycles. The Morgan fingerprint density at radius 3 is 2.52 bits per heavy atom. The summed E-state index contributed by atoms with van der Waals surface area (Å²) in [7, 11) is 0. The molecule has 148 valence electrons. The third-order valence-electron chi connectivity index (χ3n) is 5.68. The van der Waals surface area contributed by atoms with Gasteiger partial charge in [-0.05, 0) is 46.5 Å². The second-order valence-electron chi connectivity index (χ2n) is 7.46. The third-order valence-corrected chi connectivity index (χ3v) is 5.68. The zero-order valence-electron chi connectivity index (χ0n) is 16.4. The Balaban J connectivity index is 1.49. The highest BCUT2D eigenvalue weighted by atomic mass is 16.1. The van der Waals surface area contributed by atoms with Gasteiger partial charge in [0.15, 0.2) is 5.65 Å². The van der Waals surface area contributed by atoms with Crippen molar-refractivity contribution in [3.05, 3.63) is 102 Å². The van der Waals surface area contributed by atoms with Crippen LogP contribution in [0.3, 0.4) is 0 Å².